The number of likely N-dealkylation sites (tertiary alicyclic amines) is 4. The maximum absolute atomic E-state index is 16.7. The van der Waals surface area contributed by atoms with Crippen LogP contribution in [0.4, 0.5) is 41.5 Å². The smallest absolute Gasteiger partial charge is 0.411 e. The van der Waals surface area contributed by atoms with Crippen LogP contribution in [0.2, 0.25) is 0 Å². The van der Waals surface area contributed by atoms with Gasteiger partial charge in [0.15, 0.2) is 0 Å². The second-order valence-corrected chi connectivity index (χ2v) is 40.4. The van der Waals surface area contributed by atoms with Gasteiger partial charge in [0.2, 0.25) is 17.7 Å². The van der Waals surface area contributed by atoms with Gasteiger partial charge in [0.05, 0.1) is 111 Å². The van der Waals surface area contributed by atoms with Crippen molar-refractivity contribution >= 4 is 76.2 Å². The van der Waals surface area contributed by atoms with Crippen LogP contribution in [0, 0.1) is 57.2 Å². The fraction of sp³-hybridized carbons (Fsp3) is 0.466. The molecule has 10 aliphatic rings. The van der Waals surface area contributed by atoms with E-state index in [1.165, 1.54) is 33.5 Å². The number of piperidine rings is 2. The van der Waals surface area contributed by atoms with Crippen molar-refractivity contribution in [3.8, 4) is 79.2 Å². The second kappa shape index (κ2) is 37.4. The monoisotopic (exact) mass is 1920 g/mol. The van der Waals surface area contributed by atoms with Gasteiger partial charge in [0.25, 0.3) is 11.8 Å². The Kier molecular flexibility index (Phi) is 25.6. The molecule has 10 aromatic rings. The van der Waals surface area contributed by atoms with E-state index in [2.05, 4.69) is 52.0 Å². The molecule has 4 aromatic heterocycles. The number of imidazole rings is 4. The Bertz CT molecular complexity index is 6670. The van der Waals surface area contributed by atoms with Gasteiger partial charge >= 0.3 is 36.4 Å². The first-order valence-electron chi connectivity index (χ1n) is 47.6. The number of nitrogens with one attached hydrogen (secondary N) is 8. The molecular weight excluding hydrogens is 1810 g/mol. The average Bonchev–Trinajstić information content (AvgIpc) is 1.57. The fourth-order valence-corrected chi connectivity index (χ4v) is 22.1. The number of hydrogen-bond donors (Lipinski definition) is 9. The number of carboxylic acid groups (broad SMARTS) is 1. The van der Waals surface area contributed by atoms with Crippen molar-refractivity contribution in [1.29, 1.82) is 10.5 Å². The third-order valence-electron chi connectivity index (χ3n) is 29.6. The molecule has 9 N–H and O–H groups in total. The van der Waals surface area contributed by atoms with Crippen molar-refractivity contribution < 1.29 is 89.5 Å². The van der Waals surface area contributed by atoms with Gasteiger partial charge in [-0.05, 0) is 238 Å². The number of nitrogens with zero attached hydrogens (tertiary/aromatic N) is 10. The number of fused-ring (bicyclic) bond motifs is 12. The van der Waals surface area contributed by atoms with E-state index in [0.717, 1.165) is 100 Å². The summed E-state index contributed by atoms with van der Waals surface area (Å²) in [6, 6.07) is 31.0. The van der Waals surface area contributed by atoms with Gasteiger partial charge < -0.3 is 84.7 Å². The van der Waals surface area contributed by atoms with Crippen molar-refractivity contribution in [3.63, 3.8) is 0 Å². The predicted octanol–water partition coefficient (Wildman–Crippen LogP) is 18.0. The molecule has 0 unspecified atom stereocenters. The van der Waals surface area contributed by atoms with E-state index < -0.39 is 72.0 Å². The van der Waals surface area contributed by atoms with Crippen molar-refractivity contribution in [2.24, 2.45) is 34.5 Å². The molecule has 37 heteroatoms. The lowest BCUT2D eigenvalue weighted by Crippen LogP contribution is -2.51. The quantitative estimate of drug-likeness (QED) is 0.0225. The third kappa shape index (κ3) is 18.3. The predicted molar refractivity (Wildman–Crippen MR) is 504 cm³/mol. The number of H-pyrrole nitrogens is 4. The minimum absolute atomic E-state index is 0.00300. The molecule has 4 saturated heterocycles. The largest absolute Gasteiger partial charge is 0.480 e. The zero-order valence-corrected chi connectivity index (χ0v) is 79.5. The standard InChI is InChI=1S/C49H51F2N9O6.C47H51F2N7O5.C7H10N2O4/c1-25(2)40(58-47(64)66-4)45(62)59-24-48(15-16-48)22-39(59)42-53-23-38(56-42)28-9-13-32-31-12-8-26(19-33(31)49(50,51)34(32)20-28)27-10-14-35-37(21-27)55-43(54-35)41-29-7-11-30(18-29)60(41)44(61)36(6-5-17-52)57-46(63)65-3;1-24(2)38(54-43(58)60-6)42(57)55-23-46(15-16-46)21-37(55)40-50-22-36(53-40)27-9-13-31-30-12-8-25(18-32(30)47(48,49)33(31)19-27)26-10-14-34-35(20-26)52-41(51-34)39-28-7-11-29(17-28)56(39)44(59)61-45(3,4)5;1-13-7(12)9-5(6(10)11)3-2-4-8/h8-10,12-14,19-21,23,25,29-30,36,39-41H,5-7,11,15-16,18,22,24H2,1-4H3,(H,53,56)(H,54,55)(H,57,63)(H,58,64);8-10,12-14,18-20,22,24,28-29,37-39H,7,11,15-17,21,23H2,1-6H3,(H,50,53)(H,51,52)(H,54,58);5H,2-3H2,1H3,(H,9,12)(H,10,11)/t29-,30+,36-,39-,40+,41-;28-,29+,37-,38+,39-;5-/m000/s1. The van der Waals surface area contributed by atoms with E-state index >= 15 is 17.6 Å². The molecule has 20 rings (SSSR count). The third-order valence-corrected chi connectivity index (χ3v) is 29.6. The van der Waals surface area contributed by atoms with Crippen LogP contribution in [0.15, 0.2) is 122 Å². The molecule has 4 saturated carbocycles. The number of carboxylic acids is 1. The topological polar surface area (TPSA) is 443 Å². The summed E-state index contributed by atoms with van der Waals surface area (Å²) >= 11 is 0. The lowest BCUT2D eigenvalue weighted by Gasteiger charge is -2.36. The number of alkyl halides is 4. The Morgan fingerprint density at radius 3 is 1.23 bits per heavy atom. The van der Waals surface area contributed by atoms with E-state index in [9.17, 15) is 48.4 Å². The summed E-state index contributed by atoms with van der Waals surface area (Å²) in [4.78, 5) is 153. The van der Waals surface area contributed by atoms with Gasteiger partial charge in [-0.1, -0.05) is 88.4 Å². The van der Waals surface area contributed by atoms with Crippen LogP contribution in [-0.4, -0.2) is 202 Å². The molecule has 0 radical (unpaired) electrons. The van der Waals surface area contributed by atoms with Gasteiger partial charge in [0.1, 0.15) is 53.1 Å². The number of alkyl carbamates (subject to hydrolysis) is 4. The first-order valence-corrected chi connectivity index (χ1v) is 47.6. The Hall–Kier alpha value is -14.4. The molecule has 4 aliphatic heterocycles. The summed E-state index contributed by atoms with van der Waals surface area (Å²) in [5.41, 5.74) is 8.79. The van der Waals surface area contributed by atoms with Crippen LogP contribution in [0.25, 0.3) is 89.1 Å². The summed E-state index contributed by atoms with van der Waals surface area (Å²) in [5.74, 6) is -5.85. The zero-order valence-electron chi connectivity index (χ0n) is 79.5. The SMILES string of the molecule is COC(=O)N[C@@H](C(=O)N1CC2(CC2)C[C@H]1c1ncc(-c2ccc3c(c2)C(F)(F)c2cc(-c4ccc5nc([C@@H]6[C@H]7CC[C@H](C7)N6C(=O)OC(C)(C)C)[nH]c5c4)ccc2-3)[nH]1)C(C)C.COC(=O)N[C@@H](CCC#N)C(=O)N1[C@@H]2CC[C@@H](C2)[C@H]1c1nc2ccc(-c3ccc4c(c3)C(F)(F)c3cc(-c5cnc([C@@H]6CC7(CC7)CN6C(=O)[C@H](NC(=O)OC)C(C)C)[nH]5)ccc3-4)cc2[nH]1.COC(=O)N[C@@H](CCC#N)C(=O)O. The number of methoxy groups -OCH3 is 4. The van der Waals surface area contributed by atoms with Gasteiger partial charge in [-0.25, -0.2) is 48.7 Å². The molecule has 4 bridgehead atoms. The highest BCUT2D eigenvalue weighted by Crippen LogP contribution is 2.62. The molecule has 12 atom stereocenters. The van der Waals surface area contributed by atoms with E-state index in [4.69, 9.17) is 49.3 Å². The first kappa shape index (κ1) is 95.9. The van der Waals surface area contributed by atoms with E-state index in [1.807, 2.05) is 118 Å². The molecule has 6 aliphatic carbocycles. The van der Waals surface area contributed by atoms with E-state index in [1.54, 1.807) is 65.8 Å². The van der Waals surface area contributed by atoms with Gasteiger partial charge in [-0.2, -0.15) is 28.1 Å². The van der Waals surface area contributed by atoms with Crippen molar-refractivity contribution in [3.05, 3.63) is 167 Å². The molecule has 8 heterocycles. The minimum Gasteiger partial charge on any atom is -0.480 e. The molecule has 140 heavy (non-hydrogen) atoms. The van der Waals surface area contributed by atoms with Gasteiger partial charge in [0, 0.05) is 71.4 Å². The number of hydrogen-bond acceptors (Lipinski definition) is 20. The Balaban J connectivity index is 0.000000165. The van der Waals surface area contributed by atoms with Crippen LogP contribution in [0.3, 0.4) is 0 Å². The number of rotatable bonds is 22. The summed E-state index contributed by atoms with van der Waals surface area (Å²) in [6.07, 6.45) is 11.3. The van der Waals surface area contributed by atoms with Gasteiger partial charge in [-0.3, -0.25) is 19.3 Å². The average molecular weight is 1920 g/mol. The lowest BCUT2D eigenvalue weighted by atomic mass is 9.97. The summed E-state index contributed by atoms with van der Waals surface area (Å²) in [7, 11) is 4.89. The lowest BCUT2D eigenvalue weighted by molar-refractivity contribution is -0.140. The van der Waals surface area contributed by atoms with Crippen molar-refractivity contribution in [2.45, 2.75) is 229 Å². The van der Waals surface area contributed by atoms with Crippen LogP contribution in [-0.2, 0) is 54.7 Å². The van der Waals surface area contributed by atoms with Crippen molar-refractivity contribution in [1.82, 2.24) is 80.7 Å². The zero-order chi connectivity index (χ0) is 99.2. The second-order valence-electron chi connectivity index (χ2n) is 40.4. The maximum Gasteiger partial charge on any atom is 0.411 e. The number of aromatic amines is 4. The van der Waals surface area contributed by atoms with Crippen molar-refractivity contribution in [2.75, 3.05) is 41.5 Å². The number of halogens is 4. The molecule has 33 nitrogen and oxygen atoms in total. The molecule has 6 aromatic carbocycles. The Morgan fingerprint density at radius 2 is 0.843 bits per heavy atom. The van der Waals surface area contributed by atoms with Crippen LogP contribution in [0.1, 0.15) is 221 Å². The summed E-state index contributed by atoms with van der Waals surface area (Å²) in [6.45, 7) is 14.2. The van der Waals surface area contributed by atoms with Crippen LogP contribution < -0.4 is 21.3 Å². The Labute approximate surface area is 804 Å². The first-order chi connectivity index (χ1) is 66.8. The van der Waals surface area contributed by atoms with E-state index in [-0.39, 0.29) is 143 Å². The Morgan fingerprint density at radius 1 is 0.479 bits per heavy atom. The molecular formula is C103H112F4N18O15. The maximum atomic E-state index is 16.7. The number of aromatic nitrogens is 8. The van der Waals surface area contributed by atoms with Crippen LogP contribution >= 0.6 is 0 Å². The van der Waals surface area contributed by atoms with Crippen LogP contribution in [0.5, 0.6) is 0 Å². The number of aliphatic carboxylic acids is 1. The summed E-state index contributed by atoms with van der Waals surface area (Å²) in [5, 5.41) is 36.1. The normalized spacial score (nSPS) is 21.9. The number of carbonyl (C=O) groups is 9. The minimum atomic E-state index is -3.30. The highest BCUT2D eigenvalue weighted by Gasteiger charge is 2.59. The number of nitriles is 2. The molecule has 8 fully saturated rings. The number of carbonyl (C=O) groups excluding carboxylic acids is 8. The van der Waals surface area contributed by atoms with Gasteiger partial charge in [-0.15, -0.1) is 0 Å². The number of amides is 8. The molecule has 2 spiro atoms. The highest BCUT2D eigenvalue weighted by atomic mass is 19.3. The summed E-state index contributed by atoms with van der Waals surface area (Å²) < 4.78 is 90.9. The fourth-order valence-electron chi connectivity index (χ4n) is 22.1. The van der Waals surface area contributed by atoms with E-state index in [0.29, 0.717) is 109 Å². The molecule has 8 amide bonds. The number of benzene rings is 6. The highest BCUT2D eigenvalue weighted by molar-refractivity contribution is 5.93. The molecule has 732 valence electrons. The number of ether oxygens (including phenoxy) is 5.